The molecule has 0 aromatic rings. The van der Waals surface area contributed by atoms with Crippen molar-refractivity contribution in [1.29, 1.82) is 0 Å². The van der Waals surface area contributed by atoms with Gasteiger partial charge in [-0.1, -0.05) is 103 Å². The van der Waals surface area contributed by atoms with Crippen molar-refractivity contribution in [1.82, 2.24) is 0 Å². The van der Waals surface area contributed by atoms with E-state index in [1.165, 1.54) is 64.2 Å². The molecule has 0 aromatic carbocycles. The minimum absolute atomic E-state index is 1.15. The Morgan fingerprint density at radius 3 is 1.61 bits per heavy atom. The third-order valence-corrected chi connectivity index (χ3v) is 5.77. The van der Waals surface area contributed by atoms with E-state index >= 15 is 0 Å². The minimum atomic E-state index is -2.61. The maximum absolute atomic E-state index is 5.73. The summed E-state index contributed by atoms with van der Waals surface area (Å²) in [6.45, 7) is 0. The number of allylic oxidation sites excluding steroid dienone is 5. The Balaban J connectivity index is 3.28. The highest BCUT2D eigenvalue weighted by Gasteiger charge is 2.18. The number of alkyl halides is 1. The highest BCUT2D eigenvalue weighted by molar-refractivity contribution is 9.09. The highest BCUT2D eigenvalue weighted by Crippen LogP contribution is 2.20. The van der Waals surface area contributed by atoms with Gasteiger partial charge >= 0.3 is 6.00 Å². The number of hydrogen-bond acceptors (Lipinski definition) is 0. The molecule has 0 N–H and O–H groups in total. The van der Waals surface area contributed by atoms with Crippen molar-refractivity contribution in [3.63, 3.8) is 0 Å². The zero-order valence-electron chi connectivity index (χ0n) is 14.0. The van der Waals surface area contributed by atoms with Crippen molar-refractivity contribution in [3.05, 3.63) is 36.1 Å². The molecule has 23 heavy (non-hydrogen) atoms. The van der Waals surface area contributed by atoms with Gasteiger partial charge in [-0.3, -0.25) is 0 Å². The second-order valence-electron chi connectivity index (χ2n) is 5.73. The van der Waals surface area contributed by atoms with Crippen LogP contribution in [0.5, 0.6) is 0 Å². The Morgan fingerprint density at radius 1 is 0.609 bits per heavy atom. The van der Waals surface area contributed by atoms with Crippen molar-refractivity contribution >= 4 is 55.2 Å². The lowest BCUT2D eigenvalue weighted by Gasteiger charge is -2.01. The van der Waals surface area contributed by atoms with Gasteiger partial charge in [-0.25, -0.2) is 0 Å². The first kappa shape index (κ1) is 23.8. The second kappa shape index (κ2) is 17.6. The molecule has 0 rings (SSSR count). The summed E-state index contributed by atoms with van der Waals surface area (Å²) >= 11 is 20.7. The van der Waals surface area contributed by atoms with Crippen molar-refractivity contribution in [2.45, 2.75) is 70.6 Å². The third-order valence-electron chi connectivity index (χ3n) is 3.51. The average molecular weight is 461 g/mol. The van der Waals surface area contributed by atoms with E-state index in [9.17, 15) is 0 Å². The van der Waals surface area contributed by atoms with Crippen LogP contribution >= 0.6 is 49.2 Å². The molecule has 0 unspecified atom stereocenters. The van der Waals surface area contributed by atoms with Gasteiger partial charge in [0.2, 0.25) is 0 Å². The molecule has 0 spiro atoms. The molecule has 0 nitrogen and oxygen atoms in total. The Morgan fingerprint density at radius 2 is 1.09 bits per heavy atom. The molecular weight excluding hydrogens is 431 g/mol. The molecule has 0 saturated heterocycles. The van der Waals surface area contributed by atoms with E-state index in [1.54, 1.807) is 5.70 Å². The van der Waals surface area contributed by atoms with Crippen LogP contribution in [0.2, 0.25) is 0 Å². The fourth-order valence-electron chi connectivity index (χ4n) is 2.24. The van der Waals surface area contributed by atoms with Crippen LogP contribution in [0.1, 0.15) is 70.6 Å². The molecule has 0 aromatic heterocycles. The number of halogens is 4. The quantitative estimate of drug-likeness (QED) is 0.0755. The monoisotopic (exact) mass is 458 g/mol. The Hall–Kier alpha value is 0.787. The summed E-state index contributed by atoms with van der Waals surface area (Å²) in [7, 11) is 0. The molecule has 0 fully saturated rings. The van der Waals surface area contributed by atoms with Gasteiger partial charge in [0.1, 0.15) is 0 Å². The largest absolute Gasteiger partial charge is 0.365 e. The molecular formula is C18H30BrCl3Si. The lowest BCUT2D eigenvalue weighted by molar-refractivity contribution is 0.558. The molecule has 0 atom stereocenters. The van der Waals surface area contributed by atoms with Crippen LogP contribution < -0.4 is 0 Å². The van der Waals surface area contributed by atoms with Crippen molar-refractivity contribution in [2.75, 3.05) is 5.33 Å². The predicted octanol–water partition coefficient (Wildman–Crippen LogP) is 8.54. The molecule has 0 saturated carbocycles. The predicted molar refractivity (Wildman–Crippen MR) is 115 cm³/mol. The summed E-state index contributed by atoms with van der Waals surface area (Å²) in [6, 6.07) is -2.61. The Kier molecular flexibility index (Phi) is 18.2. The van der Waals surface area contributed by atoms with Crippen LogP contribution in [-0.4, -0.2) is 11.3 Å². The molecule has 0 radical (unpaired) electrons. The van der Waals surface area contributed by atoms with E-state index in [-0.39, 0.29) is 0 Å². The highest BCUT2D eigenvalue weighted by atomic mass is 79.9. The maximum Gasteiger partial charge on any atom is 0.365 e. The van der Waals surface area contributed by atoms with Crippen LogP contribution in [0, 0.1) is 0 Å². The summed E-state index contributed by atoms with van der Waals surface area (Å²) in [5, 5.41) is 1.16. The van der Waals surface area contributed by atoms with Crippen molar-refractivity contribution in [2.24, 2.45) is 0 Å². The standard InChI is InChI=1S/C18H30BrCl3Si/c19-17-15-13-11-9-7-5-3-1-2-4-6-8-10-12-14-16-18-23(20,21)22/h8,10,12,14,16,18H,1-7,9,11,13,15,17H2. The number of hydrogen-bond donors (Lipinski definition) is 0. The van der Waals surface area contributed by atoms with Gasteiger partial charge < -0.3 is 0 Å². The Bertz CT molecular complexity index is 336. The molecule has 0 aliphatic heterocycles. The van der Waals surface area contributed by atoms with Gasteiger partial charge in [0.15, 0.2) is 0 Å². The zero-order valence-corrected chi connectivity index (χ0v) is 18.8. The molecule has 0 aliphatic carbocycles. The van der Waals surface area contributed by atoms with Crippen LogP contribution in [-0.2, 0) is 0 Å². The van der Waals surface area contributed by atoms with Crippen LogP contribution in [0.15, 0.2) is 36.1 Å². The van der Waals surface area contributed by atoms with Crippen LogP contribution in [0.4, 0.5) is 0 Å². The van der Waals surface area contributed by atoms with Gasteiger partial charge in [0.25, 0.3) is 0 Å². The normalized spacial score (nSPS) is 13.0. The topological polar surface area (TPSA) is 0 Å². The molecule has 0 heterocycles. The lowest BCUT2D eigenvalue weighted by atomic mass is 10.1. The summed E-state index contributed by atoms with van der Waals surface area (Å²) in [4.78, 5) is 0. The molecule has 5 heteroatoms. The van der Waals surface area contributed by atoms with Gasteiger partial charge in [0.05, 0.1) is 0 Å². The maximum atomic E-state index is 5.73. The number of unbranched alkanes of at least 4 members (excludes halogenated alkanes) is 10. The SMILES string of the molecule is Cl[Si](Cl)(Cl)C=CC=CC=CCCCCCCCCCCCCBr. The van der Waals surface area contributed by atoms with Gasteiger partial charge in [0, 0.05) is 5.33 Å². The second-order valence-corrected chi connectivity index (χ2v) is 15.0. The molecule has 134 valence electrons. The summed E-state index contributed by atoms with van der Waals surface area (Å²) in [6.07, 6.45) is 24.9. The Labute approximate surface area is 166 Å². The number of rotatable bonds is 15. The smallest absolute Gasteiger partial charge is 0.121 e. The molecule has 0 aliphatic rings. The zero-order chi connectivity index (χ0) is 17.2. The van der Waals surface area contributed by atoms with Crippen molar-refractivity contribution in [3.8, 4) is 0 Å². The molecule has 0 bridgehead atoms. The first-order valence-electron chi connectivity index (χ1n) is 8.70. The molecule has 0 amide bonds. The average Bonchev–Trinajstić information content (AvgIpc) is 2.49. The first-order valence-corrected chi connectivity index (χ1v) is 14.9. The van der Waals surface area contributed by atoms with E-state index in [4.69, 9.17) is 33.2 Å². The third kappa shape index (κ3) is 22.8. The van der Waals surface area contributed by atoms with E-state index < -0.39 is 6.00 Å². The van der Waals surface area contributed by atoms with Gasteiger partial charge in [-0.05, 0) is 19.3 Å². The van der Waals surface area contributed by atoms with E-state index in [0.29, 0.717) is 0 Å². The minimum Gasteiger partial charge on any atom is -0.121 e. The lowest BCUT2D eigenvalue weighted by Crippen LogP contribution is -2.02. The summed E-state index contributed by atoms with van der Waals surface area (Å²) in [5.74, 6) is 0. The fraction of sp³-hybridized carbons (Fsp3) is 0.667. The summed E-state index contributed by atoms with van der Waals surface area (Å²) < 4.78 is 0. The van der Waals surface area contributed by atoms with E-state index in [0.717, 1.165) is 11.8 Å². The fourth-order valence-corrected chi connectivity index (χ4v) is 3.62. The van der Waals surface area contributed by atoms with Gasteiger partial charge in [-0.15, -0.1) is 33.2 Å². The van der Waals surface area contributed by atoms with Crippen LogP contribution in [0.3, 0.4) is 0 Å². The van der Waals surface area contributed by atoms with E-state index in [2.05, 4.69) is 28.1 Å². The summed E-state index contributed by atoms with van der Waals surface area (Å²) in [5.41, 5.74) is 1.67. The van der Waals surface area contributed by atoms with Crippen LogP contribution in [0.25, 0.3) is 0 Å². The van der Waals surface area contributed by atoms with E-state index in [1.807, 2.05) is 18.2 Å². The van der Waals surface area contributed by atoms with Crippen molar-refractivity contribution < 1.29 is 0 Å². The van der Waals surface area contributed by atoms with Gasteiger partial charge in [-0.2, -0.15) is 0 Å². The first-order chi connectivity index (χ1) is 11.1.